The zero-order valence-electron chi connectivity index (χ0n) is 13.3. The number of carbonyl (C=O) groups is 1. The third-order valence-electron chi connectivity index (χ3n) is 4.03. The van der Waals surface area contributed by atoms with Crippen molar-refractivity contribution in [1.82, 2.24) is 14.9 Å². The predicted octanol–water partition coefficient (Wildman–Crippen LogP) is 1.68. The van der Waals surface area contributed by atoms with Crippen molar-refractivity contribution in [2.45, 2.75) is 13.5 Å². The molecule has 0 unspecified atom stereocenters. The molecule has 1 saturated heterocycles. The number of piperazine rings is 1. The normalized spacial score (nSPS) is 14.7. The predicted molar refractivity (Wildman–Crippen MR) is 90.4 cm³/mol. The van der Waals surface area contributed by atoms with Crippen molar-refractivity contribution < 1.29 is 4.79 Å². The second-order valence-corrected chi connectivity index (χ2v) is 5.73. The minimum Gasteiger partial charge on any atom is -0.366 e. The fraction of sp³-hybridized carbons (Fsp3) is 0.353. The first-order chi connectivity index (χ1) is 11.2. The van der Waals surface area contributed by atoms with Crippen molar-refractivity contribution in [3.05, 3.63) is 47.8 Å². The van der Waals surface area contributed by atoms with Crippen LogP contribution in [-0.2, 0) is 11.3 Å². The van der Waals surface area contributed by atoms with Gasteiger partial charge in [0.15, 0.2) is 0 Å². The second-order valence-electron chi connectivity index (χ2n) is 5.73. The van der Waals surface area contributed by atoms with Crippen LogP contribution in [0.15, 0.2) is 36.7 Å². The van der Waals surface area contributed by atoms with Gasteiger partial charge in [-0.2, -0.15) is 0 Å². The molecule has 0 saturated carbocycles. The first kappa shape index (κ1) is 15.3. The van der Waals surface area contributed by atoms with Crippen molar-refractivity contribution in [3.8, 4) is 0 Å². The zero-order chi connectivity index (χ0) is 16.1. The number of aryl methyl sites for hydroxylation is 1. The van der Waals surface area contributed by atoms with Crippen molar-refractivity contribution in [2.24, 2.45) is 0 Å². The van der Waals surface area contributed by atoms with Gasteiger partial charge in [-0.15, -0.1) is 0 Å². The Labute approximate surface area is 136 Å². The van der Waals surface area contributed by atoms with Crippen molar-refractivity contribution >= 4 is 18.0 Å². The Morgan fingerprint density at radius 1 is 1.13 bits per heavy atom. The number of nitrogens with zero attached hydrogens (tertiary/aromatic N) is 4. The Balaban J connectivity index is 1.61. The number of rotatable bonds is 5. The van der Waals surface area contributed by atoms with Crippen LogP contribution in [0.25, 0.3) is 0 Å². The lowest BCUT2D eigenvalue weighted by molar-refractivity contribution is -0.118. The van der Waals surface area contributed by atoms with Gasteiger partial charge in [-0.3, -0.25) is 4.79 Å². The van der Waals surface area contributed by atoms with E-state index < -0.39 is 0 Å². The summed E-state index contributed by atoms with van der Waals surface area (Å²) in [5.41, 5.74) is 2.47. The highest BCUT2D eigenvalue weighted by atomic mass is 16.1. The van der Waals surface area contributed by atoms with E-state index in [-0.39, 0.29) is 0 Å². The van der Waals surface area contributed by atoms with E-state index in [1.807, 2.05) is 6.07 Å². The SMILES string of the molecule is Cc1ccc(CNc2cc(N3CCN(C=O)CC3)ncn2)cc1. The standard InChI is InChI=1S/C17H21N5O/c1-14-2-4-15(5-3-14)11-18-16-10-17(20-12-19-16)22-8-6-21(13-23)7-9-22/h2-5,10,12-13H,6-9,11H2,1H3,(H,18,19,20). The van der Waals surface area contributed by atoms with Gasteiger partial charge >= 0.3 is 0 Å². The monoisotopic (exact) mass is 311 g/mol. The molecule has 0 radical (unpaired) electrons. The zero-order valence-corrected chi connectivity index (χ0v) is 13.3. The maximum atomic E-state index is 10.8. The maximum Gasteiger partial charge on any atom is 0.209 e. The fourth-order valence-corrected chi connectivity index (χ4v) is 2.57. The maximum absolute atomic E-state index is 10.8. The number of aromatic nitrogens is 2. The lowest BCUT2D eigenvalue weighted by Gasteiger charge is -2.33. The van der Waals surface area contributed by atoms with Crippen LogP contribution < -0.4 is 10.2 Å². The van der Waals surface area contributed by atoms with Crippen LogP contribution in [0.1, 0.15) is 11.1 Å². The van der Waals surface area contributed by atoms with Crippen molar-refractivity contribution in [3.63, 3.8) is 0 Å². The molecule has 1 aliphatic rings. The molecule has 1 aromatic carbocycles. The summed E-state index contributed by atoms with van der Waals surface area (Å²) in [6.45, 7) is 5.88. The van der Waals surface area contributed by atoms with E-state index in [0.29, 0.717) is 0 Å². The fourth-order valence-electron chi connectivity index (χ4n) is 2.57. The van der Waals surface area contributed by atoms with Crippen LogP contribution in [0.4, 0.5) is 11.6 Å². The molecule has 1 aromatic heterocycles. The summed E-state index contributed by atoms with van der Waals surface area (Å²) in [6.07, 6.45) is 2.49. The summed E-state index contributed by atoms with van der Waals surface area (Å²) >= 11 is 0. The largest absolute Gasteiger partial charge is 0.366 e. The molecule has 6 nitrogen and oxygen atoms in total. The summed E-state index contributed by atoms with van der Waals surface area (Å²) < 4.78 is 0. The van der Waals surface area contributed by atoms with Gasteiger partial charge in [0.25, 0.3) is 0 Å². The third kappa shape index (κ3) is 3.97. The summed E-state index contributed by atoms with van der Waals surface area (Å²) in [5, 5.41) is 3.34. The number of amides is 1. The van der Waals surface area contributed by atoms with E-state index in [9.17, 15) is 4.79 Å². The Bertz CT molecular complexity index is 650. The molecule has 0 spiro atoms. The van der Waals surface area contributed by atoms with Crippen LogP contribution in [-0.4, -0.2) is 47.5 Å². The highest BCUT2D eigenvalue weighted by molar-refractivity contribution is 5.51. The Hall–Kier alpha value is -2.63. The van der Waals surface area contributed by atoms with E-state index in [4.69, 9.17) is 0 Å². The van der Waals surface area contributed by atoms with E-state index in [2.05, 4.69) is 51.4 Å². The Morgan fingerprint density at radius 2 is 1.87 bits per heavy atom. The molecule has 0 aliphatic carbocycles. The van der Waals surface area contributed by atoms with Crippen LogP contribution >= 0.6 is 0 Å². The van der Waals surface area contributed by atoms with Crippen molar-refractivity contribution in [2.75, 3.05) is 36.4 Å². The Morgan fingerprint density at radius 3 is 2.57 bits per heavy atom. The minimum absolute atomic E-state index is 0.732. The van der Waals surface area contributed by atoms with Gasteiger partial charge in [0.05, 0.1) is 0 Å². The number of benzene rings is 1. The van der Waals surface area contributed by atoms with Crippen LogP contribution in [0.3, 0.4) is 0 Å². The first-order valence-corrected chi connectivity index (χ1v) is 7.80. The second kappa shape index (κ2) is 7.09. The van der Waals surface area contributed by atoms with Gasteiger partial charge < -0.3 is 15.1 Å². The molecule has 1 fully saturated rings. The van der Waals surface area contributed by atoms with Gasteiger partial charge in [0.1, 0.15) is 18.0 Å². The first-order valence-electron chi connectivity index (χ1n) is 7.80. The van der Waals surface area contributed by atoms with Gasteiger partial charge in [-0.05, 0) is 12.5 Å². The average molecular weight is 311 g/mol. The summed E-state index contributed by atoms with van der Waals surface area (Å²) in [5.74, 6) is 1.71. The number of hydrogen-bond donors (Lipinski definition) is 1. The molecular weight excluding hydrogens is 290 g/mol. The van der Waals surface area contributed by atoms with Crippen LogP contribution in [0, 0.1) is 6.92 Å². The number of carbonyl (C=O) groups excluding carboxylic acids is 1. The third-order valence-corrected chi connectivity index (χ3v) is 4.03. The molecular formula is C17H21N5O. The number of nitrogens with one attached hydrogen (secondary N) is 1. The summed E-state index contributed by atoms with van der Waals surface area (Å²) in [7, 11) is 0. The molecule has 2 heterocycles. The average Bonchev–Trinajstić information content (AvgIpc) is 2.61. The molecule has 1 amide bonds. The molecule has 120 valence electrons. The van der Waals surface area contributed by atoms with Gasteiger partial charge in [0, 0.05) is 38.8 Å². The van der Waals surface area contributed by atoms with E-state index in [0.717, 1.165) is 50.8 Å². The smallest absolute Gasteiger partial charge is 0.209 e. The van der Waals surface area contributed by atoms with E-state index in [1.54, 1.807) is 11.2 Å². The summed E-state index contributed by atoms with van der Waals surface area (Å²) in [6, 6.07) is 10.4. The molecule has 0 bridgehead atoms. The Kier molecular flexibility index (Phi) is 4.71. The highest BCUT2D eigenvalue weighted by Crippen LogP contribution is 2.16. The molecule has 0 atom stereocenters. The van der Waals surface area contributed by atoms with Gasteiger partial charge in [-0.25, -0.2) is 9.97 Å². The topological polar surface area (TPSA) is 61.4 Å². The molecule has 1 aliphatic heterocycles. The highest BCUT2D eigenvalue weighted by Gasteiger charge is 2.17. The van der Waals surface area contributed by atoms with Crippen LogP contribution in [0.2, 0.25) is 0 Å². The molecule has 23 heavy (non-hydrogen) atoms. The quantitative estimate of drug-likeness (QED) is 0.851. The molecule has 2 aromatic rings. The lowest BCUT2D eigenvalue weighted by Crippen LogP contribution is -2.46. The van der Waals surface area contributed by atoms with E-state index in [1.165, 1.54) is 11.1 Å². The molecule has 1 N–H and O–H groups in total. The lowest BCUT2D eigenvalue weighted by atomic mass is 10.1. The van der Waals surface area contributed by atoms with E-state index >= 15 is 0 Å². The van der Waals surface area contributed by atoms with Crippen molar-refractivity contribution in [1.29, 1.82) is 0 Å². The number of anilines is 2. The van der Waals surface area contributed by atoms with Crippen LogP contribution in [0.5, 0.6) is 0 Å². The van der Waals surface area contributed by atoms with Gasteiger partial charge in [0.2, 0.25) is 6.41 Å². The molecule has 6 heteroatoms. The molecule has 3 rings (SSSR count). The minimum atomic E-state index is 0.732. The van der Waals surface area contributed by atoms with Gasteiger partial charge in [-0.1, -0.05) is 29.8 Å². The summed E-state index contributed by atoms with van der Waals surface area (Å²) in [4.78, 5) is 23.4. The number of hydrogen-bond acceptors (Lipinski definition) is 5.